The van der Waals surface area contributed by atoms with Crippen LogP contribution in [-0.2, 0) is 4.79 Å². The van der Waals surface area contributed by atoms with Crippen LogP contribution in [0.5, 0.6) is 11.5 Å². The maximum absolute atomic E-state index is 13.3. The average molecular weight is 414 g/mol. The van der Waals surface area contributed by atoms with E-state index < -0.39 is 5.97 Å². The van der Waals surface area contributed by atoms with E-state index in [0.29, 0.717) is 34.8 Å². The van der Waals surface area contributed by atoms with Gasteiger partial charge in [0.1, 0.15) is 11.5 Å². The predicted molar refractivity (Wildman–Crippen MR) is 117 cm³/mol. The van der Waals surface area contributed by atoms with Gasteiger partial charge in [-0.2, -0.15) is 5.10 Å². The van der Waals surface area contributed by atoms with Crippen LogP contribution in [0.15, 0.2) is 84.0 Å². The van der Waals surface area contributed by atoms with Gasteiger partial charge in [-0.1, -0.05) is 48.5 Å². The average Bonchev–Trinajstić information content (AvgIpc) is 3.24. The first-order valence-corrected chi connectivity index (χ1v) is 9.94. The fourth-order valence-electron chi connectivity index (χ4n) is 3.62. The van der Waals surface area contributed by atoms with E-state index in [4.69, 9.17) is 9.47 Å². The first kappa shape index (κ1) is 20.3. The Morgan fingerprint density at radius 3 is 2.29 bits per heavy atom. The fraction of sp³-hybridized carbons (Fsp3) is 0.160. The van der Waals surface area contributed by atoms with E-state index in [0.717, 1.165) is 5.56 Å². The molecular weight excluding hydrogens is 392 g/mol. The Balaban J connectivity index is 1.77. The molecule has 31 heavy (non-hydrogen) atoms. The van der Waals surface area contributed by atoms with Gasteiger partial charge >= 0.3 is 5.97 Å². The van der Waals surface area contributed by atoms with Crippen molar-refractivity contribution in [2.75, 3.05) is 7.11 Å². The summed E-state index contributed by atoms with van der Waals surface area (Å²) in [7, 11) is 1.55. The summed E-state index contributed by atoms with van der Waals surface area (Å²) in [5.74, 6) is 0.291. The number of esters is 1. The fourth-order valence-corrected chi connectivity index (χ4v) is 3.62. The van der Waals surface area contributed by atoms with Crippen molar-refractivity contribution in [2.45, 2.75) is 19.4 Å². The second-order valence-electron chi connectivity index (χ2n) is 7.15. The summed E-state index contributed by atoms with van der Waals surface area (Å²) in [6, 6.07) is 23.8. The van der Waals surface area contributed by atoms with Gasteiger partial charge in [-0.15, -0.1) is 0 Å². The molecule has 0 aliphatic carbocycles. The van der Waals surface area contributed by atoms with Gasteiger partial charge in [0.25, 0.3) is 5.91 Å². The van der Waals surface area contributed by atoms with Crippen molar-refractivity contribution in [1.82, 2.24) is 5.01 Å². The zero-order valence-corrected chi connectivity index (χ0v) is 17.3. The highest BCUT2D eigenvalue weighted by molar-refractivity contribution is 6.07. The number of hydrogen-bond acceptors (Lipinski definition) is 5. The van der Waals surface area contributed by atoms with E-state index in [1.54, 1.807) is 37.4 Å². The van der Waals surface area contributed by atoms with E-state index in [-0.39, 0.29) is 11.9 Å². The van der Waals surface area contributed by atoms with Crippen molar-refractivity contribution >= 4 is 17.6 Å². The van der Waals surface area contributed by atoms with Crippen LogP contribution in [0.1, 0.15) is 40.9 Å². The molecule has 0 aromatic heterocycles. The van der Waals surface area contributed by atoms with Crippen LogP contribution in [0.2, 0.25) is 0 Å². The molecule has 0 unspecified atom stereocenters. The summed E-state index contributed by atoms with van der Waals surface area (Å²) < 4.78 is 10.7. The highest BCUT2D eigenvalue weighted by Gasteiger charge is 2.34. The molecule has 1 heterocycles. The largest absolute Gasteiger partial charge is 0.497 e. The van der Waals surface area contributed by atoms with Gasteiger partial charge < -0.3 is 9.47 Å². The molecule has 0 spiro atoms. The number of hydrogen-bond donors (Lipinski definition) is 0. The number of benzene rings is 3. The number of methoxy groups -OCH3 is 1. The molecule has 0 N–H and O–H groups in total. The summed E-state index contributed by atoms with van der Waals surface area (Å²) in [5.41, 5.74) is 2.86. The quantitative estimate of drug-likeness (QED) is 0.452. The Bertz CT molecular complexity index is 1130. The van der Waals surface area contributed by atoms with E-state index in [2.05, 4.69) is 5.10 Å². The summed E-state index contributed by atoms with van der Waals surface area (Å²) in [6.07, 6.45) is 0.489. The molecule has 1 atom stereocenters. The zero-order valence-electron chi connectivity index (χ0n) is 17.3. The minimum atomic E-state index is -0.440. The molecule has 1 amide bonds. The SMILES string of the molecule is COc1ccc(C2=NN(C(=O)c3ccccc3)[C@H](c3ccccc3)C2)c(OC(C)=O)c1. The van der Waals surface area contributed by atoms with Crippen molar-refractivity contribution in [2.24, 2.45) is 5.10 Å². The first-order valence-electron chi connectivity index (χ1n) is 9.94. The minimum absolute atomic E-state index is 0.188. The number of ether oxygens (including phenoxy) is 2. The molecule has 0 bridgehead atoms. The Morgan fingerprint density at radius 2 is 1.65 bits per heavy atom. The highest BCUT2D eigenvalue weighted by atomic mass is 16.5. The smallest absolute Gasteiger partial charge is 0.308 e. The maximum atomic E-state index is 13.3. The van der Waals surface area contributed by atoms with Gasteiger partial charge in [0.2, 0.25) is 0 Å². The van der Waals surface area contributed by atoms with Crippen molar-refractivity contribution in [3.8, 4) is 11.5 Å². The van der Waals surface area contributed by atoms with E-state index >= 15 is 0 Å². The summed E-state index contributed by atoms with van der Waals surface area (Å²) in [4.78, 5) is 24.9. The third kappa shape index (κ3) is 4.33. The number of amides is 1. The second-order valence-corrected chi connectivity index (χ2v) is 7.15. The van der Waals surface area contributed by atoms with E-state index in [9.17, 15) is 9.59 Å². The van der Waals surface area contributed by atoms with Crippen LogP contribution in [-0.4, -0.2) is 29.7 Å². The lowest BCUT2D eigenvalue weighted by Gasteiger charge is -2.22. The lowest BCUT2D eigenvalue weighted by atomic mass is 9.97. The molecule has 6 heteroatoms. The van der Waals surface area contributed by atoms with Gasteiger partial charge in [0.05, 0.1) is 18.9 Å². The monoisotopic (exact) mass is 414 g/mol. The first-order chi connectivity index (χ1) is 15.1. The number of rotatable bonds is 5. The number of carbonyl (C=O) groups excluding carboxylic acids is 2. The molecule has 4 rings (SSSR count). The Kier molecular flexibility index (Phi) is 5.80. The molecule has 1 aliphatic rings. The Hall–Kier alpha value is -3.93. The third-order valence-electron chi connectivity index (χ3n) is 5.08. The van der Waals surface area contributed by atoms with E-state index in [1.807, 2.05) is 48.5 Å². The molecule has 3 aromatic carbocycles. The summed E-state index contributed by atoms with van der Waals surface area (Å²) >= 11 is 0. The van der Waals surface area contributed by atoms with Gasteiger partial charge in [-0.25, -0.2) is 5.01 Å². The lowest BCUT2D eigenvalue weighted by Crippen LogP contribution is -2.27. The predicted octanol–water partition coefficient (Wildman–Crippen LogP) is 4.61. The molecule has 0 saturated carbocycles. The third-order valence-corrected chi connectivity index (χ3v) is 5.08. The summed E-state index contributed by atoms with van der Waals surface area (Å²) in [5, 5.41) is 6.20. The lowest BCUT2D eigenvalue weighted by molar-refractivity contribution is -0.131. The molecule has 6 nitrogen and oxygen atoms in total. The number of hydrazone groups is 1. The van der Waals surface area contributed by atoms with Crippen LogP contribution in [0.3, 0.4) is 0 Å². The topological polar surface area (TPSA) is 68.2 Å². The minimum Gasteiger partial charge on any atom is -0.497 e. The Labute approximate surface area is 180 Å². The van der Waals surface area contributed by atoms with Gasteiger partial charge in [-0.3, -0.25) is 9.59 Å². The number of carbonyl (C=O) groups is 2. The molecule has 0 radical (unpaired) electrons. The van der Waals surface area contributed by atoms with Crippen LogP contribution < -0.4 is 9.47 Å². The standard InChI is InChI=1S/C25H22N2O4/c1-17(28)31-24-15-20(30-2)13-14-21(24)22-16-23(18-9-5-3-6-10-18)27(26-22)25(29)19-11-7-4-8-12-19/h3-15,23H,16H2,1-2H3/t23-/m0/s1. The van der Waals surface area contributed by atoms with Gasteiger partial charge in [0.15, 0.2) is 0 Å². The number of nitrogens with zero attached hydrogens (tertiary/aromatic N) is 2. The summed E-state index contributed by atoms with van der Waals surface area (Å²) in [6.45, 7) is 1.34. The molecule has 3 aromatic rings. The highest BCUT2D eigenvalue weighted by Crippen LogP contribution is 2.37. The van der Waals surface area contributed by atoms with Crippen LogP contribution in [0, 0.1) is 0 Å². The van der Waals surface area contributed by atoms with Crippen molar-refractivity contribution in [3.05, 3.63) is 95.6 Å². The van der Waals surface area contributed by atoms with Crippen molar-refractivity contribution in [3.63, 3.8) is 0 Å². The molecule has 0 fully saturated rings. The van der Waals surface area contributed by atoms with Crippen LogP contribution in [0.25, 0.3) is 0 Å². The Morgan fingerprint density at radius 1 is 0.968 bits per heavy atom. The van der Waals surface area contributed by atoms with Crippen LogP contribution in [0.4, 0.5) is 0 Å². The molecule has 1 aliphatic heterocycles. The molecule has 156 valence electrons. The van der Waals surface area contributed by atoms with Crippen LogP contribution >= 0.6 is 0 Å². The molecule has 0 saturated heterocycles. The second kappa shape index (κ2) is 8.83. The maximum Gasteiger partial charge on any atom is 0.308 e. The zero-order chi connectivity index (χ0) is 21.8. The van der Waals surface area contributed by atoms with Gasteiger partial charge in [-0.05, 0) is 29.8 Å². The van der Waals surface area contributed by atoms with Crippen molar-refractivity contribution < 1.29 is 19.1 Å². The molecular formula is C25H22N2O4. The normalized spacial score (nSPS) is 15.4. The van der Waals surface area contributed by atoms with Gasteiger partial charge in [0, 0.05) is 30.5 Å². The van der Waals surface area contributed by atoms with Crippen molar-refractivity contribution in [1.29, 1.82) is 0 Å². The van der Waals surface area contributed by atoms with E-state index in [1.165, 1.54) is 11.9 Å².